The minimum absolute atomic E-state index is 0.0258. The topological polar surface area (TPSA) is 62.6 Å². The SMILES string of the molecule is CCOCCN1CCN(C(=O)[C@H]2CNC[C@@H]2c2cnn(C)c2C)CC1. The van der Waals surface area contributed by atoms with Gasteiger partial charge in [0.1, 0.15) is 0 Å². The van der Waals surface area contributed by atoms with Crippen LogP contribution in [0.25, 0.3) is 0 Å². The summed E-state index contributed by atoms with van der Waals surface area (Å²) in [7, 11) is 1.96. The van der Waals surface area contributed by atoms with Crippen molar-refractivity contribution < 1.29 is 9.53 Å². The van der Waals surface area contributed by atoms with Gasteiger partial charge in [0.15, 0.2) is 0 Å². The quantitative estimate of drug-likeness (QED) is 0.744. The number of aromatic nitrogens is 2. The van der Waals surface area contributed by atoms with Crippen molar-refractivity contribution in [3.8, 4) is 0 Å². The summed E-state index contributed by atoms with van der Waals surface area (Å²) >= 11 is 0. The average Bonchev–Trinajstić information content (AvgIpc) is 3.22. The fourth-order valence-corrected chi connectivity index (χ4v) is 3.91. The third-order valence-corrected chi connectivity index (χ3v) is 5.64. The molecule has 0 radical (unpaired) electrons. The van der Waals surface area contributed by atoms with Crippen LogP contribution in [0.4, 0.5) is 0 Å². The Morgan fingerprint density at radius 1 is 1.32 bits per heavy atom. The van der Waals surface area contributed by atoms with Gasteiger partial charge in [-0.2, -0.15) is 5.10 Å². The molecule has 0 saturated carbocycles. The van der Waals surface area contributed by atoms with Gasteiger partial charge in [0.25, 0.3) is 0 Å². The lowest BCUT2D eigenvalue weighted by Gasteiger charge is -2.36. The van der Waals surface area contributed by atoms with E-state index in [0.717, 1.165) is 64.7 Å². The maximum atomic E-state index is 13.1. The second-order valence-corrected chi connectivity index (χ2v) is 7.04. The monoisotopic (exact) mass is 349 g/mol. The van der Waals surface area contributed by atoms with Gasteiger partial charge in [0.2, 0.25) is 5.91 Å². The van der Waals surface area contributed by atoms with Crippen molar-refractivity contribution in [2.24, 2.45) is 13.0 Å². The predicted octanol–water partition coefficient (Wildman–Crippen LogP) is 0.212. The van der Waals surface area contributed by atoms with Crippen LogP contribution in [0.3, 0.4) is 0 Å². The number of carbonyl (C=O) groups excluding carboxylic acids is 1. The molecule has 3 heterocycles. The standard InChI is InChI=1S/C18H31N5O2/c1-4-25-10-9-22-5-7-23(8-6-22)18(24)17-12-19-11-16(17)15-13-20-21(3)14(15)2/h13,16-17,19H,4-12H2,1-3H3/t16-,17+/m1/s1. The Kier molecular flexibility index (Phi) is 6.09. The van der Waals surface area contributed by atoms with E-state index in [1.807, 2.05) is 29.7 Å². The Morgan fingerprint density at radius 2 is 2.08 bits per heavy atom. The number of nitrogens with zero attached hydrogens (tertiary/aromatic N) is 4. The molecule has 0 spiro atoms. The highest BCUT2D eigenvalue weighted by atomic mass is 16.5. The fraction of sp³-hybridized carbons (Fsp3) is 0.778. The maximum absolute atomic E-state index is 13.1. The van der Waals surface area contributed by atoms with E-state index in [0.29, 0.717) is 5.91 Å². The van der Waals surface area contributed by atoms with Gasteiger partial charge >= 0.3 is 0 Å². The number of amides is 1. The summed E-state index contributed by atoms with van der Waals surface area (Å²) in [5, 5.41) is 7.77. The van der Waals surface area contributed by atoms with Gasteiger partial charge in [-0.15, -0.1) is 0 Å². The number of rotatable bonds is 6. The van der Waals surface area contributed by atoms with Crippen LogP contribution in [-0.4, -0.2) is 84.5 Å². The van der Waals surface area contributed by atoms with E-state index in [2.05, 4.69) is 22.2 Å². The van der Waals surface area contributed by atoms with Crippen molar-refractivity contribution in [3.63, 3.8) is 0 Å². The molecule has 2 aliphatic rings. The molecule has 1 N–H and O–H groups in total. The lowest BCUT2D eigenvalue weighted by Crippen LogP contribution is -2.51. The first-order valence-corrected chi connectivity index (χ1v) is 9.40. The molecule has 140 valence electrons. The molecule has 3 rings (SSSR count). The maximum Gasteiger partial charge on any atom is 0.227 e. The van der Waals surface area contributed by atoms with Crippen LogP contribution in [-0.2, 0) is 16.6 Å². The summed E-state index contributed by atoms with van der Waals surface area (Å²) in [6, 6.07) is 0. The Balaban J connectivity index is 1.57. The Hall–Kier alpha value is -1.44. The highest BCUT2D eigenvalue weighted by Gasteiger charge is 2.38. The van der Waals surface area contributed by atoms with Gasteiger partial charge < -0.3 is 15.0 Å². The van der Waals surface area contributed by atoms with Crippen molar-refractivity contribution in [1.29, 1.82) is 0 Å². The molecule has 2 saturated heterocycles. The molecule has 0 bridgehead atoms. The van der Waals surface area contributed by atoms with Crippen LogP contribution >= 0.6 is 0 Å². The van der Waals surface area contributed by atoms with Gasteiger partial charge in [0.05, 0.1) is 18.7 Å². The molecule has 1 aromatic rings. The first kappa shape index (κ1) is 18.4. The summed E-state index contributed by atoms with van der Waals surface area (Å²) in [5.41, 5.74) is 2.37. The van der Waals surface area contributed by atoms with Crippen LogP contribution in [0.5, 0.6) is 0 Å². The lowest BCUT2D eigenvalue weighted by atomic mass is 9.88. The van der Waals surface area contributed by atoms with Crippen LogP contribution < -0.4 is 5.32 Å². The van der Waals surface area contributed by atoms with E-state index >= 15 is 0 Å². The van der Waals surface area contributed by atoms with Gasteiger partial charge in [-0.25, -0.2) is 0 Å². The van der Waals surface area contributed by atoms with E-state index in [4.69, 9.17) is 4.74 Å². The van der Waals surface area contributed by atoms with Crippen molar-refractivity contribution in [2.45, 2.75) is 19.8 Å². The van der Waals surface area contributed by atoms with E-state index in [9.17, 15) is 4.79 Å². The first-order chi connectivity index (χ1) is 12.1. The molecule has 0 unspecified atom stereocenters. The molecule has 7 heteroatoms. The molecular weight excluding hydrogens is 318 g/mol. The molecule has 0 aromatic carbocycles. The van der Waals surface area contributed by atoms with Gasteiger partial charge in [-0.3, -0.25) is 14.4 Å². The fourth-order valence-electron chi connectivity index (χ4n) is 3.91. The molecule has 1 amide bonds. The molecule has 7 nitrogen and oxygen atoms in total. The van der Waals surface area contributed by atoms with Gasteiger partial charge in [0, 0.05) is 71.1 Å². The molecule has 2 aliphatic heterocycles. The highest BCUT2D eigenvalue weighted by Crippen LogP contribution is 2.31. The number of nitrogens with one attached hydrogen (secondary N) is 1. The average molecular weight is 349 g/mol. The summed E-state index contributed by atoms with van der Waals surface area (Å²) in [6.45, 7) is 11.7. The normalized spacial score (nSPS) is 24.8. The highest BCUT2D eigenvalue weighted by molar-refractivity contribution is 5.81. The number of ether oxygens (including phenoxy) is 1. The number of aryl methyl sites for hydroxylation is 1. The molecular formula is C18H31N5O2. The first-order valence-electron chi connectivity index (χ1n) is 9.40. The molecule has 0 aliphatic carbocycles. The van der Waals surface area contributed by atoms with Crippen molar-refractivity contribution in [2.75, 3.05) is 59.0 Å². The van der Waals surface area contributed by atoms with Crippen molar-refractivity contribution >= 4 is 5.91 Å². The number of carbonyl (C=O) groups is 1. The predicted molar refractivity (Wildman–Crippen MR) is 96.6 cm³/mol. The minimum Gasteiger partial charge on any atom is -0.380 e. The Morgan fingerprint density at radius 3 is 2.72 bits per heavy atom. The second kappa shape index (κ2) is 8.29. The second-order valence-electron chi connectivity index (χ2n) is 7.04. The molecule has 2 atom stereocenters. The van der Waals surface area contributed by atoms with E-state index in [1.165, 1.54) is 5.56 Å². The zero-order valence-corrected chi connectivity index (χ0v) is 15.7. The third-order valence-electron chi connectivity index (χ3n) is 5.64. The largest absolute Gasteiger partial charge is 0.380 e. The van der Waals surface area contributed by atoms with E-state index < -0.39 is 0 Å². The smallest absolute Gasteiger partial charge is 0.227 e. The van der Waals surface area contributed by atoms with Crippen LogP contribution in [0.1, 0.15) is 24.1 Å². The van der Waals surface area contributed by atoms with Crippen molar-refractivity contribution in [1.82, 2.24) is 24.9 Å². The lowest BCUT2D eigenvalue weighted by molar-refractivity contribution is -0.137. The Labute approximate surface area is 150 Å². The molecule has 25 heavy (non-hydrogen) atoms. The zero-order chi connectivity index (χ0) is 17.8. The number of hydrogen-bond donors (Lipinski definition) is 1. The van der Waals surface area contributed by atoms with Gasteiger partial charge in [-0.05, 0) is 19.4 Å². The van der Waals surface area contributed by atoms with E-state index in [1.54, 1.807) is 0 Å². The summed E-state index contributed by atoms with van der Waals surface area (Å²) < 4.78 is 7.32. The molecule has 2 fully saturated rings. The van der Waals surface area contributed by atoms with Crippen LogP contribution in [0, 0.1) is 12.8 Å². The van der Waals surface area contributed by atoms with Gasteiger partial charge in [-0.1, -0.05) is 0 Å². The zero-order valence-electron chi connectivity index (χ0n) is 15.7. The number of hydrogen-bond acceptors (Lipinski definition) is 5. The van der Waals surface area contributed by atoms with Crippen LogP contribution in [0.15, 0.2) is 6.20 Å². The summed E-state index contributed by atoms with van der Waals surface area (Å²) in [6.07, 6.45) is 1.93. The molecule has 1 aromatic heterocycles. The third kappa shape index (κ3) is 4.04. The Bertz CT molecular complexity index is 580. The van der Waals surface area contributed by atoms with E-state index in [-0.39, 0.29) is 11.8 Å². The van der Waals surface area contributed by atoms with Crippen molar-refractivity contribution in [3.05, 3.63) is 17.5 Å². The number of piperazine rings is 1. The van der Waals surface area contributed by atoms with Crippen LogP contribution in [0.2, 0.25) is 0 Å². The minimum atomic E-state index is 0.0258. The summed E-state index contributed by atoms with van der Waals surface area (Å²) in [5.74, 6) is 0.553. The summed E-state index contributed by atoms with van der Waals surface area (Å²) in [4.78, 5) is 17.5.